The number of carboxylic acid groups (broad SMARTS) is 1. The molecule has 0 aliphatic heterocycles. The van der Waals surface area contributed by atoms with Crippen LogP contribution in [-0.2, 0) is 16.1 Å². The molecule has 2 rings (SSSR count). The standard InChI is InChI=1S/C16H21BrN2O4/c1-2-11-5-7-16(8-6-11,15(22)23)18-13(20)10-19-9-12(17)3-4-14(19)21/h3-4,9,11H,2,5-8,10H2,1H3,(H,18,20)(H,22,23). The Kier molecular flexibility index (Phi) is 5.62. The molecule has 23 heavy (non-hydrogen) atoms. The Morgan fingerprint density at radius 1 is 1.39 bits per heavy atom. The maximum absolute atomic E-state index is 12.3. The van der Waals surface area contributed by atoms with Gasteiger partial charge in [-0.1, -0.05) is 13.3 Å². The van der Waals surface area contributed by atoms with Crippen molar-refractivity contribution in [2.75, 3.05) is 0 Å². The molecule has 7 heteroatoms. The third-order valence-corrected chi connectivity index (χ3v) is 5.05. The number of carbonyl (C=O) groups excluding carboxylic acids is 1. The van der Waals surface area contributed by atoms with Crippen LogP contribution in [0.4, 0.5) is 0 Å². The van der Waals surface area contributed by atoms with Crippen LogP contribution in [0.2, 0.25) is 0 Å². The van der Waals surface area contributed by atoms with Gasteiger partial charge in [-0.3, -0.25) is 9.59 Å². The van der Waals surface area contributed by atoms with Crippen LogP contribution in [-0.4, -0.2) is 27.1 Å². The summed E-state index contributed by atoms with van der Waals surface area (Å²) >= 11 is 3.25. The minimum atomic E-state index is -1.21. The number of hydrogen-bond acceptors (Lipinski definition) is 3. The summed E-state index contributed by atoms with van der Waals surface area (Å²) in [5.74, 6) is -0.934. The van der Waals surface area contributed by atoms with E-state index in [9.17, 15) is 19.5 Å². The summed E-state index contributed by atoms with van der Waals surface area (Å²) < 4.78 is 1.94. The van der Waals surface area contributed by atoms with Gasteiger partial charge >= 0.3 is 5.97 Å². The van der Waals surface area contributed by atoms with Crippen LogP contribution in [0.3, 0.4) is 0 Å². The number of nitrogens with one attached hydrogen (secondary N) is 1. The molecule has 1 heterocycles. The SMILES string of the molecule is CCC1CCC(NC(=O)Cn2cc(Br)ccc2=O)(C(=O)O)CC1. The number of aliphatic carboxylic acids is 1. The molecule has 126 valence electrons. The van der Waals surface area contributed by atoms with E-state index in [1.54, 1.807) is 6.07 Å². The van der Waals surface area contributed by atoms with Crippen LogP contribution in [0.25, 0.3) is 0 Å². The Morgan fingerprint density at radius 2 is 2.04 bits per heavy atom. The van der Waals surface area contributed by atoms with Gasteiger partial charge in [0.1, 0.15) is 12.1 Å². The van der Waals surface area contributed by atoms with Gasteiger partial charge in [0.25, 0.3) is 5.56 Å². The summed E-state index contributed by atoms with van der Waals surface area (Å²) in [6, 6.07) is 2.96. The fraction of sp³-hybridized carbons (Fsp3) is 0.562. The van der Waals surface area contributed by atoms with Crippen LogP contribution in [0.5, 0.6) is 0 Å². The molecule has 0 radical (unpaired) electrons. The molecule has 0 atom stereocenters. The fourth-order valence-corrected chi connectivity index (χ4v) is 3.44. The number of halogens is 1. The van der Waals surface area contributed by atoms with E-state index in [1.165, 1.54) is 16.8 Å². The van der Waals surface area contributed by atoms with Gasteiger partial charge in [0.2, 0.25) is 5.91 Å². The van der Waals surface area contributed by atoms with Crippen molar-refractivity contribution in [2.45, 2.75) is 51.1 Å². The fourth-order valence-electron chi connectivity index (χ4n) is 3.06. The van der Waals surface area contributed by atoms with Crippen LogP contribution < -0.4 is 10.9 Å². The van der Waals surface area contributed by atoms with Gasteiger partial charge in [0.15, 0.2) is 0 Å². The van der Waals surface area contributed by atoms with Gasteiger partial charge in [-0.2, -0.15) is 0 Å². The molecular formula is C16H21BrN2O4. The van der Waals surface area contributed by atoms with Gasteiger partial charge in [-0.25, -0.2) is 4.79 Å². The number of amides is 1. The molecule has 1 saturated carbocycles. The predicted molar refractivity (Wildman–Crippen MR) is 89.2 cm³/mol. The summed E-state index contributed by atoms with van der Waals surface area (Å²) in [5.41, 5.74) is -1.51. The lowest BCUT2D eigenvalue weighted by Crippen LogP contribution is -2.57. The molecule has 1 fully saturated rings. The third kappa shape index (κ3) is 4.22. The lowest BCUT2D eigenvalue weighted by Gasteiger charge is -2.37. The van der Waals surface area contributed by atoms with E-state index in [-0.39, 0.29) is 12.1 Å². The van der Waals surface area contributed by atoms with Crippen molar-refractivity contribution >= 4 is 27.8 Å². The van der Waals surface area contributed by atoms with Crippen molar-refractivity contribution in [2.24, 2.45) is 5.92 Å². The first-order valence-electron chi connectivity index (χ1n) is 7.76. The normalized spacial score (nSPS) is 24.2. The topological polar surface area (TPSA) is 88.4 Å². The molecule has 1 aliphatic carbocycles. The summed E-state index contributed by atoms with van der Waals surface area (Å²) in [6.07, 6.45) is 4.99. The van der Waals surface area contributed by atoms with Gasteiger partial charge in [-0.15, -0.1) is 0 Å². The predicted octanol–water partition coefficient (Wildman–Crippen LogP) is 2.15. The minimum absolute atomic E-state index is 0.190. The van der Waals surface area contributed by atoms with Crippen molar-refractivity contribution in [3.8, 4) is 0 Å². The molecule has 0 bridgehead atoms. The smallest absolute Gasteiger partial charge is 0.329 e. The highest BCUT2D eigenvalue weighted by molar-refractivity contribution is 9.10. The number of pyridine rings is 1. The number of carbonyl (C=O) groups is 2. The zero-order chi connectivity index (χ0) is 17.0. The summed E-state index contributed by atoms with van der Waals surface area (Å²) in [6.45, 7) is 1.90. The molecule has 1 aromatic heterocycles. The number of hydrogen-bond donors (Lipinski definition) is 2. The maximum atomic E-state index is 12.3. The Bertz CT molecular complexity index is 648. The number of carboxylic acids is 1. The van der Waals surface area contributed by atoms with Gasteiger partial charge < -0.3 is 15.0 Å². The molecule has 0 saturated heterocycles. The van der Waals surface area contributed by atoms with Crippen molar-refractivity contribution < 1.29 is 14.7 Å². The van der Waals surface area contributed by atoms with Crippen LogP contribution in [0.1, 0.15) is 39.0 Å². The maximum Gasteiger partial charge on any atom is 0.329 e. The van der Waals surface area contributed by atoms with E-state index >= 15 is 0 Å². The first-order valence-corrected chi connectivity index (χ1v) is 8.56. The Morgan fingerprint density at radius 3 is 2.61 bits per heavy atom. The summed E-state index contributed by atoms with van der Waals surface area (Å²) in [7, 11) is 0. The largest absolute Gasteiger partial charge is 0.480 e. The zero-order valence-electron chi connectivity index (χ0n) is 13.0. The lowest BCUT2D eigenvalue weighted by molar-refractivity contribution is -0.149. The second-order valence-electron chi connectivity index (χ2n) is 6.10. The van der Waals surface area contributed by atoms with E-state index in [2.05, 4.69) is 28.2 Å². The van der Waals surface area contributed by atoms with Crippen LogP contribution in [0, 0.1) is 5.92 Å². The highest BCUT2D eigenvalue weighted by Gasteiger charge is 2.42. The van der Waals surface area contributed by atoms with Gasteiger partial charge in [0.05, 0.1) is 0 Å². The first-order chi connectivity index (χ1) is 10.9. The Labute approximate surface area is 143 Å². The highest BCUT2D eigenvalue weighted by Crippen LogP contribution is 2.34. The van der Waals surface area contributed by atoms with Crippen molar-refractivity contribution in [3.63, 3.8) is 0 Å². The minimum Gasteiger partial charge on any atom is -0.480 e. The highest BCUT2D eigenvalue weighted by atomic mass is 79.9. The molecule has 2 N–H and O–H groups in total. The quantitative estimate of drug-likeness (QED) is 0.813. The number of aromatic nitrogens is 1. The van der Waals surface area contributed by atoms with E-state index in [1.807, 2.05) is 0 Å². The second-order valence-corrected chi connectivity index (χ2v) is 7.02. The molecule has 1 aromatic rings. The average Bonchev–Trinajstić information content (AvgIpc) is 2.51. The Balaban J connectivity index is 2.09. The zero-order valence-corrected chi connectivity index (χ0v) is 14.6. The molecule has 6 nitrogen and oxygen atoms in total. The lowest BCUT2D eigenvalue weighted by atomic mass is 9.75. The van der Waals surface area contributed by atoms with Gasteiger partial charge in [-0.05, 0) is 53.6 Å². The van der Waals surface area contributed by atoms with Crippen molar-refractivity contribution in [3.05, 3.63) is 33.2 Å². The monoisotopic (exact) mass is 384 g/mol. The molecule has 0 spiro atoms. The molecule has 0 unspecified atom stereocenters. The number of rotatable bonds is 5. The molecule has 0 aromatic carbocycles. The molecular weight excluding hydrogens is 364 g/mol. The van der Waals surface area contributed by atoms with E-state index in [0.717, 1.165) is 19.3 Å². The Hall–Kier alpha value is -1.63. The van der Waals surface area contributed by atoms with Crippen LogP contribution >= 0.6 is 15.9 Å². The number of nitrogens with zero attached hydrogens (tertiary/aromatic N) is 1. The molecule has 1 aliphatic rings. The first kappa shape index (κ1) is 17.7. The molecule has 1 amide bonds. The average molecular weight is 385 g/mol. The van der Waals surface area contributed by atoms with E-state index in [0.29, 0.717) is 23.2 Å². The van der Waals surface area contributed by atoms with Crippen LogP contribution in [0.15, 0.2) is 27.6 Å². The van der Waals surface area contributed by atoms with E-state index < -0.39 is 17.4 Å². The summed E-state index contributed by atoms with van der Waals surface area (Å²) in [4.78, 5) is 35.7. The van der Waals surface area contributed by atoms with E-state index in [4.69, 9.17) is 0 Å². The third-order valence-electron chi connectivity index (χ3n) is 4.59. The van der Waals surface area contributed by atoms with Crippen molar-refractivity contribution in [1.29, 1.82) is 0 Å². The van der Waals surface area contributed by atoms with Crippen molar-refractivity contribution in [1.82, 2.24) is 9.88 Å². The summed E-state index contributed by atoms with van der Waals surface area (Å²) in [5, 5.41) is 12.2. The second kappa shape index (κ2) is 7.29. The van der Waals surface area contributed by atoms with Gasteiger partial charge in [0, 0.05) is 16.7 Å².